The molecule has 0 spiro atoms. The second kappa shape index (κ2) is 8.99. The van der Waals surface area contributed by atoms with Crippen LogP contribution in [0.15, 0.2) is 23.2 Å². The molecule has 0 aliphatic carbocycles. The Balaban J connectivity index is 2.08. The van der Waals surface area contributed by atoms with Crippen LogP contribution in [-0.2, 0) is 13.1 Å². The van der Waals surface area contributed by atoms with Crippen molar-refractivity contribution in [2.45, 2.75) is 39.0 Å². The molecule has 24 heavy (non-hydrogen) atoms. The lowest BCUT2D eigenvalue weighted by molar-refractivity contribution is 0.108. The molecule has 5 nitrogen and oxygen atoms in total. The van der Waals surface area contributed by atoms with Crippen LogP contribution in [0.3, 0.4) is 0 Å². The predicted molar refractivity (Wildman–Crippen MR) is 95.4 cm³/mol. The zero-order chi connectivity index (χ0) is 17.5. The molecule has 1 fully saturated rings. The van der Waals surface area contributed by atoms with E-state index in [1.54, 1.807) is 6.07 Å². The van der Waals surface area contributed by atoms with Gasteiger partial charge in [-0.2, -0.15) is 0 Å². The Morgan fingerprint density at radius 1 is 1.38 bits per heavy atom. The lowest BCUT2D eigenvalue weighted by Gasteiger charge is -2.32. The third kappa shape index (κ3) is 5.46. The maximum atomic E-state index is 13.9. The normalized spacial score (nSPS) is 16.8. The minimum Gasteiger partial charge on any atom is -0.393 e. The maximum Gasteiger partial charge on any atom is 0.194 e. The summed E-state index contributed by atoms with van der Waals surface area (Å²) in [6.45, 7) is 5.55. The quantitative estimate of drug-likeness (QED) is 0.636. The van der Waals surface area contributed by atoms with Crippen LogP contribution in [-0.4, -0.2) is 60.7 Å². The molecule has 0 aromatic heterocycles. The van der Waals surface area contributed by atoms with Gasteiger partial charge in [-0.15, -0.1) is 0 Å². The standard InChI is InChI=1S/C18H29FN4O/c1-4-20-18(23-9-7-16(24)8-10-23)21-12-14-5-6-17(19)15(11-14)13-22(2)3/h5-6,11,16,24H,4,7-10,12-13H2,1-3H3,(H,20,21). The molecular weight excluding hydrogens is 307 g/mol. The van der Waals surface area contributed by atoms with Gasteiger partial charge >= 0.3 is 0 Å². The lowest BCUT2D eigenvalue weighted by Crippen LogP contribution is -2.46. The van der Waals surface area contributed by atoms with Gasteiger partial charge in [0.15, 0.2) is 5.96 Å². The molecule has 1 saturated heterocycles. The summed E-state index contributed by atoms with van der Waals surface area (Å²) in [6, 6.07) is 5.21. The number of aliphatic hydroxyl groups excluding tert-OH is 1. The highest BCUT2D eigenvalue weighted by Crippen LogP contribution is 2.14. The summed E-state index contributed by atoms with van der Waals surface area (Å²) >= 11 is 0. The number of hydrogen-bond acceptors (Lipinski definition) is 3. The average Bonchev–Trinajstić information content (AvgIpc) is 2.54. The highest BCUT2D eigenvalue weighted by molar-refractivity contribution is 5.80. The number of guanidine groups is 1. The van der Waals surface area contributed by atoms with Crippen molar-refractivity contribution in [3.8, 4) is 0 Å². The highest BCUT2D eigenvalue weighted by Gasteiger charge is 2.19. The first-order chi connectivity index (χ1) is 11.5. The minimum atomic E-state index is -0.199. The van der Waals surface area contributed by atoms with Crippen molar-refractivity contribution in [1.29, 1.82) is 0 Å². The monoisotopic (exact) mass is 336 g/mol. The Kier molecular flexibility index (Phi) is 6.99. The van der Waals surface area contributed by atoms with Crippen molar-refractivity contribution >= 4 is 5.96 Å². The first-order valence-corrected chi connectivity index (χ1v) is 8.63. The van der Waals surface area contributed by atoms with Crippen molar-refractivity contribution in [3.63, 3.8) is 0 Å². The van der Waals surface area contributed by atoms with Gasteiger partial charge in [-0.25, -0.2) is 9.38 Å². The van der Waals surface area contributed by atoms with E-state index in [1.165, 1.54) is 6.07 Å². The molecule has 0 bridgehead atoms. The van der Waals surface area contributed by atoms with E-state index in [0.717, 1.165) is 44.0 Å². The molecule has 0 atom stereocenters. The summed E-state index contributed by atoms with van der Waals surface area (Å²) in [7, 11) is 3.86. The zero-order valence-corrected chi connectivity index (χ0v) is 14.9. The molecule has 134 valence electrons. The van der Waals surface area contributed by atoms with Gasteiger partial charge in [0.05, 0.1) is 12.6 Å². The van der Waals surface area contributed by atoms with E-state index < -0.39 is 0 Å². The molecule has 0 saturated carbocycles. The summed E-state index contributed by atoms with van der Waals surface area (Å²) in [5, 5.41) is 13.0. The van der Waals surface area contributed by atoms with Crippen molar-refractivity contribution in [1.82, 2.24) is 15.1 Å². The Morgan fingerprint density at radius 2 is 2.08 bits per heavy atom. The average molecular weight is 336 g/mol. The smallest absolute Gasteiger partial charge is 0.194 e. The van der Waals surface area contributed by atoms with Gasteiger partial charge in [0.1, 0.15) is 5.82 Å². The van der Waals surface area contributed by atoms with E-state index in [4.69, 9.17) is 4.99 Å². The molecule has 1 aliphatic heterocycles. The first-order valence-electron chi connectivity index (χ1n) is 8.63. The third-order valence-electron chi connectivity index (χ3n) is 4.11. The molecule has 0 unspecified atom stereocenters. The van der Waals surface area contributed by atoms with Crippen LogP contribution in [0.4, 0.5) is 4.39 Å². The number of aliphatic imine (C=N–C) groups is 1. The summed E-state index contributed by atoms with van der Waals surface area (Å²) in [6.07, 6.45) is 1.34. The fourth-order valence-corrected chi connectivity index (χ4v) is 2.86. The second-order valence-corrected chi connectivity index (χ2v) is 6.55. The Bertz CT molecular complexity index is 554. The Hall–Kier alpha value is -1.66. The SMILES string of the molecule is CCNC(=NCc1ccc(F)c(CN(C)C)c1)N1CCC(O)CC1. The fourth-order valence-electron chi connectivity index (χ4n) is 2.86. The second-order valence-electron chi connectivity index (χ2n) is 6.55. The van der Waals surface area contributed by atoms with Crippen LogP contribution in [0.1, 0.15) is 30.9 Å². The van der Waals surface area contributed by atoms with Crippen molar-refractivity contribution in [3.05, 3.63) is 35.1 Å². The molecule has 0 radical (unpaired) electrons. The molecule has 6 heteroatoms. The Labute approximate surface area is 144 Å². The van der Waals surface area contributed by atoms with Crippen LogP contribution >= 0.6 is 0 Å². The van der Waals surface area contributed by atoms with E-state index in [2.05, 4.69) is 10.2 Å². The number of nitrogens with one attached hydrogen (secondary N) is 1. The van der Waals surface area contributed by atoms with Crippen LogP contribution in [0.2, 0.25) is 0 Å². The predicted octanol–water partition coefficient (Wildman–Crippen LogP) is 1.81. The molecule has 2 N–H and O–H groups in total. The molecular formula is C18H29FN4O. The number of rotatable bonds is 5. The maximum absolute atomic E-state index is 13.9. The van der Waals surface area contributed by atoms with Crippen LogP contribution in [0.25, 0.3) is 0 Å². The minimum absolute atomic E-state index is 0.173. The van der Waals surface area contributed by atoms with Crippen LogP contribution in [0.5, 0.6) is 0 Å². The van der Waals surface area contributed by atoms with Crippen LogP contribution in [0, 0.1) is 5.82 Å². The number of aliphatic hydroxyl groups is 1. The van der Waals surface area contributed by atoms with Gasteiger partial charge < -0.3 is 20.2 Å². The summed E-state index contributed by atoms with van der Waals surface area (Å²) in [4.78, 5) is 8.83. The van der Waals surface area contributed by atoms with E-state index >= 15 is 0 Å². The van der Waals surface area contributed by atoms with Gasteiger partial charge in [-0.1, -0.05) is 6.07 Å². The molecule has 1 aromatic rings. The van der Waals surface area contributed by atoms with Gasteiger partial charge in [-0.3, -0.25) is 0 Å². The van der Waals surface area contributed by atoms with Gasteiger partial charge in [-0.05, 0) is 51.6 Å². The van der Waals surface area contributed by atoms with Gasteiger partial charge in [0.25, 0.3) is 0 Å². The number of nitrogens with zero attached hydrogens (tertiary/aromatic N) is 3. The van der Waals surface area contributed by atoms with E-state index in [0.29, 0.717) is 18.7 Å². The third-order valence-corrected chi connectivity index (χ3v) is 4.11. The lowest BCUT2D eigenvalue weighted by atomic mass is 10.1. The van der Waals surface area contributed by atoms with E-state index in [1.807, 2.05) is 32.0 Å². The topological polar surface area (TPSA) is 51.1 Å². The Morgan fingerprint density at radius 3 is 2.71 bits per heavy atom. The van der Waals surface area contributed by atoms with Crippen molar-refractivity contribution < 1.29 is 9.50 Å². The number of hydrogen-bond donors (Lipinski definition) is 2. The number of benzene rings is 1. The summed E-state index contributed by atoms with van der Waals surface area (Å²) in [5.74, 6) is 0.691. The van der Waals surface area contributed by atoms with Crippen molar-refractivity contribution in [2.24, 2.45) is 4.99 Å². The molecule has 1 aromatic carbocycles. The molecule has 2 rings (SSSR count). The molecule has 1 aliphatic rings. The van der Waals surface area contributed by atoms with Gasteiger partial charge in [0, 0.05) is 31.7 Å². The first kappa shape index (κ1) is 18.7. The van der Waals surface area contributed by atoms with Crippen LogP contribution < -0.4 is 5.32 Å². The summed E-state index contributed by atoms with van der Waals surface area (Å²) < 4.78 is 13.9. The van der Waals surface area contributed by atoms with E-state index in [9.17, 15) is 9.50 Å². The molecule has 1 heterocycles. The zero-order valence-electron chi connectivity index (χ0n) is 14.9. The van der Waals surface area contributed by atoms with Crippen molar-refractivity contribution in [2.75, 3.05) is 33.7 Å². The molecule has 0 amide bonds. The van der Waals surface area contributed by atoms with E-state index in [-0.39, 0.29) is 11.9 Å². The summed E-state index contributed by atoms with van der Waals surface area (Å²) in [5.41, 5.74) is 1.69. The number of piperidine rings is 1. The highest BCUT2D eigenvalue weighted by atomic mass is 19.1. The van der Waals surface area contributed by atoms with Gasteiger partial charge in [0.2, 0.25) is 0 Å². The number of likely N-dealkylation sites (tertiary alicyclic amines) is 1. The fraction of sp³-hybridized carbons (Fsp3) is 0.611. The largest absolute Gasteiger partial charge is 0.393 e. The number of halogens is 1.